The van der Waals surface area contributed by atoms with Gasteiger partial charge in [0.25, 0.3) is 0 Å². The van der Waals surface area contributed by atoms with Crippen LogP contribution in [-0.2, 0) is 4.74 Å². The molecule has 1 aliphatic heterocycles. The van der Waals surface area contributed by atoms with Crippen LogP contribution in [0.2, 0.25) is 0 Å². The lowest BCUT2D eigenvalue weighted by molar-refractivity contribution is 0.144. The Balaban J connectivity index is 2.32. The lowest BCUT2D eigenvalue weighted by Gasteiger charge is -2.19. The highest BCUT2D eigenvalue weighted by Crippen LogP contribution is 2.04. The van der Waals surface area contributed by atoms with E-state index in [4.69, 9.17) is 4.74 Å². The van der Waals surface area contributed by atoms with Crippen LogP contribution in [0, 0.1) is 0 Å². The van der Waals surface area contributed by atoms with E-state index in [-0.39, 0.29) is 0 Å². The molecule has 0 bridgehead atoms. The smallest absolute Gasteiger partial charge is 0.0593 e. The zero-order chi connectivity index (χ0) is 6.69. The van der Waals surface area contributed by atoms with Crippen molar-refractivity contribution in [3.8, 4) is 0 Å². The third-order valence-electron chi connectivity index (χ3n) is 2.02. The fourth-order valence-electron chi connectivity index (χ4n) is 1.01. The van der Waals surface area contributed by atoms with Crippen LogP contribution in [-0.4, -0.2) is 37.7 Å². The first kappa shape index (κ1) is 7.03. The van der Waals surface area contributed by atoms with E-state index in [1.807, 2.05) is 0 Å². The molecule has 0 aliphatic carbocycles. The van der Waals surface area contributed by atoms with E-state index in [1.165, 1.54) is 6.42 Å². The first-order chi connectivity index (χ1) is 4.30. The number of ether oxygens (including phenoxy) is 1. The maximum absolute atomic E-state index is 5.29. The van der Waals surface area contributed by atoms with Gasteiger partial charge in [-0.15, -0.1) is 0 Å². The molecule has 1 heterocycles. The van der Waals surface area contributed by atoms with E-state index in [1.54, 1.807) is 0 Å². The van der Waals surface area contributed by atoms with E-state index in [0.717, 1.165) is 19.8 Å². The average Bonchev–Trinajstić information content (AvgIpc) is 1.99. The van der Waals surface area contributed by atoms with Gasteiger partial charge in [0.2, 0.25) is 0 Å². The molecule has 1 aliphatic rings. The normalized spacial score (nSPS) is 32.0. The summed E-state index contributed by atoms with van der Waals surface area (Å²) in [5, 5.41) is 0. The maximum Gasteiger partial charge on any atom is 0.0593 e. The molecule has 0 radical (unpaired) electrons. The van der Waals surface area contributed by atoms with Crippen molar-refractivity contribution in [3.05, 3.63) is 0 Å². The molecule has 2 nitrogen and oxygen atoms in total. The van der Waals surface area contributed by atoms with E-state index in [0.29, 0.717) is 6.04 Å². The van der Waals surface area contributed by atoms with Crippen molar-refractivity contribution in [3.63, 3.8) is 0 Å². The quantitative estimate of drug-likeness (QED) is 0.478. The topological polar surface area (TPSA) is 12.5 Å². The van der Waals surface area contributed by atoms with Crippen molar-refractivity contribution in [1.82, 2.24) is 4.90 Å². The monoisotopic (exact) mass is 129 g/mol. The molecule has 0 aromatic heterocycles. The van der Waals surface area contributed by atoms with E-state index >= 15 is 0 Å². The number of hydrogen-bond acceptors (Lipinski definition) is 2. The second-order valence-electron chi connectivity index (χ2n) is 2.73. The molecule has 0 N–H and O–H groups in total. The fourth-order valence-corrected chi connectivity index (χ4v) is 1.01. The summed E-state index contributed by atoms with van der Waals surface area (Å²) < 4.78 is 5.29. The van der Waals surface area contributed by atoms with Gasteiger partial charge in [-0.25, -0.2) is 0 Å². The van der Waals surface area contributed by atoms with Crippen LogP contribution < -0.4 is 0 Å². The summed E-state index contributed by atoms with van der Waals surface area (Å²) in [6.07, 6.45) is 1.18. The molecule has 0 unspecified atom stereocenters. The second-order valence-corrected chi connectivity index (χ2v) is 2.73. The van der Waals surface area contributed by atoms with Gasteiger partial charge in [-0.2, -0.15) is 0 Å². The summed E-state index contributed by atoms with van der Waals surface area (Å²) >= 11 is 0. The van der Waals surface area contributed by atoms with Crippen molar-refractivity contribution in [2.24, 2.45) is 0 Å². The van der Waals surface area contributed by atoms with Crippen LogP contribution in [0.15, 0.2) is 0 Å². The Hall–Kier alpha value is -0.0800. The Morgan fingerprint density at radius 3 is 3.00 bits per heavy atom. The highest BCUT2D eigenvalue weighted by Gasteiger charge is 2.11. The Bertz CT molecular complexity index is 75.0. The maximum atomic E-state index is 5.29. The molecule has 9 heavy (non-hydrogen) atoms. The second kappa shape index (κ2) is 3.18. The lowest BCUT2D eigenvalue weighted by atomic mass is 10.2. The summed E-state index contributed by atoms with van der Waals surface area (Å²) in [4.78, 5) is 2.34. The highest BCUT2D eigenvalue weighted by atomic mass is 16.5. The molecule has 0 saturated carbocycles. The number of rotatable bonds is 0. The van der Waals surface area contributed by atoms with E-state index in [2.05, 4.69) is 18.9 Å². The van der Waals surface area contributed by atoms with Gasteiger partial charge in [-0.3, -0.25) is 0 Å². The van der Waals surface area contributed by atoms with Crippen LogP contribution in [0.3, 0.4) is 0 Å². The third-order valence-corrected chi connectivity index (χ3v) is 2.02. The first-order valence-corrected chi connectivity index (χ1v) is 3.58. The van der Waals surface area contributed by atoms with Gasteiger partial charge in [0.15, 0.2) is 0 Å². The van der Waals surface area contributed by atoms with Gasteiger partial charge in [0.1, 0.15) is 0 Å². The minimum Gasteiger partial charge on any atom is -0.380 e. The van der Waals surface area contributed by atoms with Gasteiger partial charge in [-0.1, -0.05) is 0 Å². The van der Waals surface area contributed by atoms with Gasteiger partial charge >= 0.3 is 0 Å². The Morgan fingerprint density at radius 2 is 2.22 bits per heavy atom. The predicted octanol–water partition coefficient (Wildman–Crippen LogP) is 0.727. The van der Waals surface area contributed by atoms with Crippen LogP contribution in [0.4, 0.5) is 0 Å². The van der Waals surface area contributed by atoms with Gasteiger partial charge in [0.05, 0.1) is 6.61 Å². The summed E-state index contributed by atoms with van der Waals surface area (Å²) in [7, 11) is 2.15. The SMILES string of the molecule is C[C@@H]1CCOCCN1C. The van der Waals surface area contributed by atoms with Gasteiger partial charge < -0.3 is 9.64 Å². The molecule has 0 aromatic rings. The van der Waals surface area contributed by atoms with Crippen LogP contribution >= 0.6 is 0 Å². The average molecular weight is 129 g/mol. The van der Waals surface area contributed by atoms with Crippen molar-refractivity contribution < 1.29 is 4.74 Å². The minimum absolute atomic E-state index is 0.701. The zero-order valence-corrected chi connectivity index (χ0v) is 6.26. The number of hydrogen-bond donors (Lipinski definition) is 0. The number of nitrogens with zero attached hydrogens (tertiary/aromatic N) is 1. The molecule has 1 atom stereocenters. The molecule has 1 saturated heterocycles. The highest BCUT2D eigenvalue weighted by molar-refractivity contribution is 4.65. The zero-order valence-electron chi connectivity index (χ0n) is 6.26. The van der Waals surface area contributed by atoms with Gasteiger partial charge in [0, 0.05) is 19.2 Å². The first-order valence-electron chi connectivity index (χ1n) is 3.58. The third kappa shape index (κ3) is 1.95. The summed E-state index contributed by atoms with van der Waals surface area (Å²) in [5.41, 5.74) is 0. The molecular formula is C7H15NO. The van der Waals surface area contributed by atoms with Crippen molar-refractivity contribution in [1.29, 1.82) is 0 Å². The molecule has 54 valence electrons. The summed E-state index contributed by atoms with van der Waals surface area (Å²) in [5.74, 6) is 0. The van der Waals surface area contributed by atoms with E-state index < -0.39 is 0 Å². The van der Waals surface area contributed by atoms with Crippen LogP contribution in [0.1, 0.15) is 13.3 Å². The largest absolute Gasteiger partial charge is 0.380 e. The molecule has 1 rings (SSSR count). The molecule has 1 fully saturated rings. The fraction of sp³-hybridized carbons (Fsp3) is 1.00. The summed E-state index contributed by atoms with van der Waals surface area (Å²) in [6, 6.07) is 0.701. The number of likely N-dealkylation sites (N-methyl/N-ethyl adjacent to an activating group) is 1. The standard InChI is InChI=1S/C7H15NO/c1-7-3-5-9-6-4-8(7)2/h7H,3-6H2,1-2H3/t7-/m1/s1. The van der Waals surface area contributed by atoms with Crippen molar-refractivity contribution in [2.45, 2.75) is 19.4 Å². The molecule has 2 heteroatoms. The molecule has 0 amide bonds. The molecule has 0 spiro atoms. The van der Waals surface area contributed by atoms with Crippen molar-refractivity contribution >= 4 is 0 Å². The Labute approximate surface area is 56.8 Å². The lowest BCUT2D eigenvalue weighted by Crippen LogP contribution is -2.29. The van der Waals surface area contributed by atoms with Crippen LogP contribution in [0.25, 0.3) is 0 Å². The molecule has 0 aromatic carbocycles. The Kier molecular flexibility index (Phi) is 2.49. The van der Waals surface area contributed by atoms with Crippen LogP contribution in [0.5, 0.6) is 0 Å². The molecular weight excluding hydrogens is 114 g/mol. The van der Waals surface area contributed by atoms with E-state index in [9.17, 15) is 0 Å². The predicted molar refractivity (Wildman–Crippen MR) is 37.5 cm³/mol. The summed E-state index contributed by atoms with van der Waals surface area (Å²) in [6.45, 7) is 5.17. The Morgan fingerprint density at radius 1 is 1.44 bits per heavy atom. The minimum atomic E-state index is 0.701. The van der Waals surface area contributed by atoms with Gasteiger partial charge in [-0.05, 0) is 20.4 Å². The van der Waals surface area contributed by atoms with Crippen molar-refractivity contribution in [2.75, 3.05) is 26.8 Å².